The molecule has 15 heavy (non-hydrogen) atoms. The summed E-state index contributed by atoms with van der Waals surface area (Å²) in [5.41, 5.74) is 0. The van der Waals surface area contributed by atoms with Gasteiger partial charge >= 0.3 is 6.47 Å². The minimum Gasteiger partial charge on any atom is -0.428 e. The standard InChI is InChI=1S/C11H21O4/c1-3-4-5-6-7-13-8-9-14-11(2)15-10-12/h11H,3-9H2,1-2H3. The zero-order chi connectivity index (χ0) is 11.4. The van der Waals surface area contributed by atoms with Crippen molar-refractivity contribution in [3.63, 3.8) is 0 Å². The van der Waals surface area contributed by atoms with E-state index in [-0.39, 0.29) is 0 Å². The highest BCUT2D eigenvalue weighted by Crippen LogP contribution is 1.98. The minimum atomic E-state index is -0.536. The summed E-state index contributed by atoms with van der Waals surface area (Å²) in [4.78, 5) is 9.79. The molecular weight excluding hydrogens is 196 g/mol. The van der Waals surface area contributed by atoms with E-state index in [9.17, 15) is 4.79 Å². The van der Waals surface area contributed by atoms with Crippen LogP contribution in [0.3, 0.4) is 0 Å². The number of rotatable bonds is 11. The Morgan fingerprint density at radius 3 is 2.60 bits per heavy atom. The lowest BCUT2D eigenvalue weighted by molar-refractivity contribution is -0.0912. The van der Waals surface area contributed by atoms with Crippen LogP contribution in [0, 0.1) is 0 Å². The van der Waals surface area contributed by atoms with E-state index in [0.29, 0.717) is 13.2 Å². The molecule has 0 rings (SSSR count). The average molecular weight is 217 g/mol. The predicted octanol–water partition coefficient (Wildman–Crippen LogP) is 2.03. The van der Waals surface area contributed by atoms with Gasteiger partial charge in [0.25, 0.3) is 0 Å². The maximum atomic E-state index is 9.79. The fourth-order valence-corrected chi connectivity index (χ4v) is 1.11. The van der Waals surface area contributed by atoms with Gasteiger partial charge in [0.2, 0.25) is 6.29 Å². The van der Waals surface area contributed by atoms with Crippen molar-refractivity contribution in [2.24, 2.45) is 0 Å². The van der Waals surface area contributed by atoms with Crippen LogP contribution in [0.2, 0.25) is 0 Å². The average Bonchev–Trinajstić information content (AvgIpc) is 2.22. The molecule has 4 heteroatoms. The summed E-state index contributed by atoms with van der Waals surface area (Å²) in [6.07, 6.45) is 4.28. The van der Waals surface area contributed by atoms with E-state index in [1.807, 2.05) is 0 Å². The molecule has 0 fully saturated rings. The van der Waals surface area contributed by atoms with Crippen LogP contribution in [0.1, 0.15) is 39.5 Å². The first-order valence-electron chi connectivity index (χ1n) is 5.53. The second-order valence-corrected chi connectivity index (χ2v) is 3.31. The van der Waals surface area contributed by atoms with Crippen LogP contribution in [-0.2, 0) is 19.0 Å². The van der Waals surface area contributed by atoms with Crippen molar-refractivity contribution in [3.05, 3.63) is 0 Å². The van der Waals surface area contributed by atoms with Gasteiger partial charge in [-0.3, -0.25) is 0 Å². The van der Waals surface area contributed by atoms with Crippen LogP contribution >= 0.6 is 0 Å². The molecule has 4 nitrogen and oxygen atoms in total. The predicted molar refractivity (Wildman–Crippen MR) is 57.2 cm³/mol. The Bertz CT molecular complexity index is 139. The Balaban J connectivity index is 3.01. The molecule has 1 unspecified atom stereocenters. The summed E-state index contributed by atoms with van der Waals surface area (Å²) in [5, 5.41) is 0. The maximum absolute atomic E-state index is 9.79. The molecule has 1 radical (unpaired) electrons. The third-order valence-electron chi connectivity index (χ3n) is 1.94. The Morgan fingerprint density at radius 2 is 1.93 bits per heavy atom. The lowest BCUT2D eigenvalue weighted by atomic mass is 10.2. The van der Waals surface area contributed by atoms with Gasteiger partial charge in [0, 0.05) is 6.61 Å². The first-order valence-corrected chi connectivity index (χ1v) is 5.53. The third kappa shape index (κ3) is 11.3. The summed E-state index contributed by atoms with van der Waals surface area (Å²) >= 11 is 0. The van der Waals surface area contributed by atoms with Crippen LogP contribution in [0.4, 0.5) is 0 Å². The number of hydrogen-bond donors (Lipinski definition) is 0. The molecule has 0 aromatic heterocycles. The normalized spacial score (nSPS) is 12.4. The summed E-state index contributed by atoms with van der Waals surface area (Å²) in [5.74, 6) is 0. The summed E-state index contributed by atoms with van der Waals surface area (Å²) in [6.45, 7) is 6.91. The van der Waals surface area contributed by atoms with Crippen molar-refractivity contribution >= 4 is 6.47 Å². The highest BCUT2D eigenvalue weighted by atomic mass is 16.7. The van der Waals surface area contributed by atoms with Crippen LogP contribution in [-0.4, -0.2) is 32.6 Å². The van der Waals surface area contributed by atoms with Gasteiger partial charge in [-0.15, -0.1) is 0 Å². The van der Waals surface area contributed by atoms with Gasteiger partial charge in [-0.2, -0.15) is 0 Å². The van der Waals surface area contributed by atoms with E-state index in [2.05, 4.69) is 11.7 Å². The van der Waals surface area contributed by atoms with Gasteiger partial charge in [-0.05, 0) is 13.3 Å². The third-order valence-corrected chi connectivity index (χ3v) is 1.94. The van der Waals surface area contributed by atoms with E-state index in [0.717, 1.165) is 13.0 Å². The lowest BCUT2D eigenvalue weighted by Gasteiger charge is -2.10. The molecule has 0 aliphatic heterocycles. The van der Waals surface area contributed by atoms with Crippen molar-refractivity contribution in [2.45, 2.75) is 45.8 Å². The smallest absolute Gasteiger partial charge is 0.419 e. The quantitative estimate of drug-likeness (QED) is 0.392. The van der Waals surface area contributed by atoms with Gasteiger partial charge in [-0.25, -0.2) is 4.79 Å². The molecule has 0 bridgehead atoms. The molecule has 0 amide bonds. The van der Waals surface area contributed by atoms with E-state index >= 15 is 0 Å². The molecule has 1 atom stereocenters. The first kappa shape index (κ1) is 14.4. The largest absolute Gasteiger partial charge is 0.428 e. The van der Waals surface area contributed by atoms with Crippen LogP contribution in [0.15, 0.2) is 0 Å². The van der Waals surface area contributed by atoms with Crippen molar-refractivity contribution in [2.75, 3.05) is 19.8 Å². The van der Waals surface area contributed by atoms with Gasteiger partial charge in [-0.1, -0.05) is 26.2 Å². The molecule has 0 heterocycles. The Kier molecular flexibility index (Phi) is 11.0. The zero-order valence-electron chi connectivity index (χ0n) is 9.66. The molecule has 89 valence electrons. The van der Waals surface area contributed by atoms with E-state index in [1.165, 1.54) is 25.7 Å². The number of unbranched alkanes of at least 4 members (excludes halogenated alkanes) is 3. The Hall–Kier alpha value is -0.610. The lowest BCUT2D eigenvalue weighted by Crippen LogP contribution is -2.15. The summed E-state index contributed by atoms with van der Waals surface area (Å²) in [6, 6.07) is 0. The monoisotopic (exact) mass is 217 g/mol. The topological polar surface area (TPSA) is 44.8 Å². The zero-order valence-corrected chi connectivity index (χ0v) is 9.66. The van der Waals surface area contributed by atoms with Gasteiger partial charge in [0.05, 0.1) is 13.2 Å². The molecule has 0 spiro atoms. The molecule has 0 aliphatic carbocycles. The van der Waals surface area contributed by atoms with Crippen LogP contribution in [0.25, 0.3) is 0 Å². The fourth-order valence-electron chi connectivity index (χ4n) is 1.11. The SMILES string of the molecule is CCCCCCOCCOC(C)O[C]=O. The van der Waals surface area contributed by atoms with Crippen LogP contribution in [0.5, 0.6) is 0 Å². The van der Waals surface area contributed by atoms with Gasteiger partial charge in [0.1, 0.15) is 0 Å². The molecule has 0 aromatic carbocycles. The highest BCUT2D eigenvalue weighted by Gasteiger charge is 2.00. The molecule has 0 saturated carbocycles. The minimum absolute atomic E-state index is 0.441. The van der Waals surface area contributed by atoms with E-state index in [4.69, 9.17) is 9.47 Å². The molecule has 0 aliphatic rings. The fraction of sp³-hybridized carbons (Fsp3) is 0.909. The second-order valence-electron chi connectivity index (χ2n) is 3.31. The van der Waals surface area contributed by atoms with Gasteiger partial charge < -0.3 is 14.2 Å². The summed E-state index contributed by atoms with van der Waals surface area (Å²) < 4.78 is 14.8. The van der Waals surface area contributed by atoms with Crippen LogP contribution < -0.4 is 0 Å². The molecule has 0 N–H and O–H groups in total. The molecule has 0 aromatic rings. The van der Waals surface area contributed by atoms with Crippen molar-refractivity contribution in [3.8, 4) is 0 Å². The Morgan fingerprint density at radius 1 is 1.13 bits per heavy atom. The first-order chi connectivity index (χ1) is 7.31. The van der Waals surface area contributed by atoms with Crippen molar-refractivity contribution in [1.29, 1.82) is 0 Å². The number of ether oxygens (including phenoxy) is 3. The second kappa shape index (κ2) is 11.5. The van der Waals surface area contributed by atoms with E-state index in [1.54, 1.807) is 6.92 Å². The Labute approximate surface area is 91.9 Å². The molecular formula is C11H21O4. The maximum Gasteiger partial charge on any atom is 0.419 e. The molecule has 0 saturated heterocycles. The van der Waals surface area contributed by atoms with Crippen molar-refractivity contribution < 1.29 is 19.0 Å². The van der Waals surface area contributed by atoms with Crippen molar-refractivity contribution in [1.82, 2.24) is 0 Å². The van der Waals surface area contributed by atoms with Gasteiger partial charge in [0.15, 0.2) is 0 Å². The summed E-state index contributed by atoms with van der Waals surface area (Å²) in [7, 11) is 0. The number of carbonyl (C=O) groups excluding carboxylic acids is 1. The van der Waals surface area contributed by atoms with E-state index < -0.39 is 6.29 Å². The highest BCUT2D eigenvalue weighted by molar-refractivity contribution is 5.38. The number of hydrogen-bond acceptors (Lipinski definition) is 4.